The highest BCUT2D eigenvalue weighted by atomic mass is 35.5. The summed E-state index contributed by atoms with van der Waals surface area (Å²) in [6.45, 7) is 2.55. The summed E-state index contributed by atoms with van der Waals surface area (Å²) in [5.74, 6) is 0.776. The lowest BCUT2D eigenvalue weighted by molar-refractivity contribution is -0.113. The molecule has 0 fully saturated rings. The van der Waals surface area contributed by atoms with Gasteiger partial charge in [-0.2, -0.15) is 0 Å². The van der Waals surface area contributed by atoms with Crippen LogP contribution < -0.4 is 10.6 Å². The quantitative estimate of drug-likeness (QED) is 0.334. The standard InChI is InChI=1S/C24H22ClN5OS/c1-17-8-7-9-18(14-17)26-15-22-28-29-24(30(22)19-10-3-2-4-11-19)32-16-23(31)27-21-13-6-5-12-20(21)25/h2-14,26H,15-16H2,1H3,(H,27,31). The molecule has 4 aromatic rings. The summed E-state index contributed by atoms with van der Waals surface area (Å²) in [4.78, 5) is 12.5. The molecule has 0 radical (unpaired) electrons. The van der Waals surface area contributed by atoms with E-state index in [-0.39, 0.29) is 11.7 Å². The van der Waals surface area contributed by atoms with Crippen molar-refractivity contribution in [2.45, 2.75) is 18.6 Å². The summed E-state index contributed by atoms with van der Waals surface area (Å²) in [5.41, 5.74) is 3.72. The number of aryl methyl sites for hydroxylation is 1. The van der Waals surface area contributed by atoms with E-state index in [0.717, 1.165) is 17.2 Å². The molecule has 0 aliphatic carbocycles. The van der Waals surface area contributed by atoms with Gasteiger partial charge in [-0.05, 0) is 48.9 Å². The maximum atomic E-state index is 12.5. The predicted molar refractivity (Wildman–Crippen MR) is 131 cm³/mol. The molecule has 4 rings (SSSR count). The first-order valence-corrected chi connectivity index (χ1v) is 11.4. The second-order valence-corrected chi connectivity index (χ2v) is 8.46. The van der Waals surface area contributed by atoms with Crippen molar-refractivity contribution in [1.29, 1.82) is 0 Å². The number of para-hydroxylation sites is 2. The Labute approximate surface area is 196 Å². The monoisotopic (exact) mass is 463 g/mol. The van der Waals surface area contributed by atoms with Gasteiger partial charge in [-0.15, -0.1) is 10.2 Å². The molecule has 0 unspecified atom stereocenters. The van der Waals surface area contributed by atoms with Crippen molar-refractivity contribution < 1.29 is 4.79 Å². The van der Waals surface area contributed by atoms with Crippen LogP contribution in [0.4, 0.5) is 11.4 Å². The van der Waals surface area contributed by atoms with Crippen molar-refractivity contribution in [3.8, 4) is 5.69 Å². The topological polar surface area (TPSA) is 71.8 Å². The Kier molecular flexibility index (Phi) is 7.09. The first-order valence-electron chi connectivity index (χ1n) is 10.1. The average Bonchev–Trinajstić information content (AvgIpc) is 3.21. The van der Waals surface area contributed by atoms with E-state index in [1.54, 1.807) is 12.1 Å². The molecule has 0 aliphatic rings. The summed E-state index contributed by atoms with van der Waals surface area (Å²) in [6.07, 6.45) is 0. The first kappa shape index (κ1) is 21.9. The third kappa shape index (κ3) is 5.49. The van der Waals surface area contributed by atoms with Crippen LogP contribution in [0.25, 0.3) is 5.69 Å². The van der Waals surface area contributed by atoms with Crippen LogP contribution in [0.2, 0.25) is 5.02 Å². The molecule has 0 aliphatic heterocycles. The number of hydrogen-bond donors (Lipinski definition) is 2. The van der Waals surface area contributed by atoms with E-state index in [1.165, 1.54) is 17.3 Å². The third-order valence-corrected chi connectivity index (χ3v) is 5.92. The van der Waals surface area contributed by atoms with Crippen molar-refractivity contribution in [3.63, 3.8) is 0 Å². The van der Waals surface area contributed by atoms with Crippen LogP contribution in [-0.4, -0.2) is 26.4 Å². The van der Waals surface area contributed by atoms with Crippen LogP contribution in [0.15, 0.2) is 84.0 Å². The van der Waals surface area contributed by atoms with Gasteiger partial charge in [-0.3, -0.25) is 9.36 Å². The Morgan fingerprint density at radius 3 is 2.56 bits per heavy atom. The Morgan fingerprint density at radius 2 is 1.78 bits per heavy atom. The Hall–Kier alpha value is -3.29. The maximum absolute atomic E-state index is 12.5. The van der Waals surface area contributed by atoms with Crippen LogP contribution in [0.3, 0.4) is 0 Å². The zero-order valence-electron chi connectivity index (χ0n) is 17.5. The number of halogens is 1. The van der Waals surface area contributed by atoms with Gasteiger partial charge < -0.3 is 10.6 Å². The fraction of sp³-hybridized carbons (Fsp3) is 0.125. The molecular formula is C24H22ClN5OS. The molecule has 162 valence electrons. The van der Waals surface area contributed by atoms with E-state index < -0.39 is 0 Å². The van der Waals surface area contributed by atoms with Gasteiger partial charge >= 0.3 is 0 Å². The molecule has 8 heteroatoms. The van der Waals surface area contributed by atoms with Crippen molar-refractivity contribution in [1.82, 2.24) is 14.8 Å². The Balaban J connectivity index is 1.50. The summed E-state index contributed by atoms with van der Waals surface area (Å²) in [6, 6.07) is 25.2. The molecular weight excluding hydrogens is 442 g/mol. The molecule has 0 bridgehead atoms. The number of amides is 1. The zero-order chi connectivity index (χ0) is 22.3. The van der Waals surface area contributed by atoms with Gasteiger partial charge in [0.2, 0.25) is 5.91 Å². The first-order chi connectivity index (χ1) is 15.6. The van der Waals surface area contributed by atoms with Gasteiger partial charge in [0, 0.05) is 11.4 Å². The molecule has 3 aromatic carbocycles. The number of carbonyl (C=O) groups excluding carboxylic acids is 1. The molecule has 32 heavy (non-hydrogen) atoms. The molecule has 1 aromatic heterocycles. The van der Waals surface area contributed by atoms with Gasteiger partial charge in [0.05, 0.1) is 23.0 Å². The number of benzene rings is 3. The molecule has 0 saturated heterocycles. The van der Waals surface area contributed by atoms with E-state index in [1.807, 2.05) is 59.2 Å². The van der Waals surface area contributed by atoms with Gasteiger partial charge in [0.1, 0.15) is 0 Å². The molecule has 0 spiro atoms. The highest BCUT2D eigenvalue weighted by molar-refractivity contribution is 7.99. The van der Waals surface area contributed by atoms with Crippen molar-refractivity contribution in [3.05, 3.63) is 95.3 Å². The van der Waals surface area contributed by atoms with Gasteiger partial charge in [0.15, 0.2) is 11.0 Å². The lowest BCUT2D eigenvalue weighted by atomic mass is 10.2. The summed E-state index contributed by atoms with van der Waals surface area (Å²) >= 11 is 7.46. The van der Waals surface area contributed by atoms with Crippen LogP contribution in [0, 0.1) is 6.92 Å². The number of nitrogens with zero attached hydrogens (tertiary/aromatic N) is 3. The normalized spacial score (nSPS) is 10.7. The highest BCUT2D eigenvalue weighted by Crippen LogP contribution is 2.24. The van der Waals surface area contributed by atoms with E-state index >= 15 is 0 Å². The summed E-state index contributed by atoms with van der Waals surface area (Å²) < 4.78 is 1.97. The predicted octanol–water partition coefficient (Wildman–Crippen LogP) is 5.57. The van der Waals surface area contributed by atoms with Crippen LogP contribution in [0.1, 0.15) is 11.4 Å². The second kappa shape index (κ2) is 10.3. The third-order valence-electron chi connectivity index (χ3n) is 4.66. The van der Waals surface area contributed by atoms with Crippen LogP contribution in [0.5, 0.6) is 0 Å². The number of carbonyl (C=O) groups is 1. The van der Waals surface area contributed by atoms with Crippen LogP contribution in [-0.2, 0) is 11.3 Å². The van der Waals surface area contributed by atoms with Crippen LogP contribution >= 0.6 is 23.4 Å². The van der Waals surface area contributed by atoms with Gasteiger partial charge in [-0.25, -0.2) is 0 Å². The average molecular weight is 464 g/mol. The molecule has 2 N–H and O–H groups in total. The second-order valence-electron chi connectivity index (χ2n) is 7.11. The highest BCUT2D eigenvalue weighted by Gasteiger charge is 2.16. The lowest BCUT2D eigenvalue weighted by Gasteiger charge is -2.12. The fourth-order valence-electron chi connectivity index (χ4n) is 3.16. The number of rotatable bonds is 8. The number of aromatic nitrogens is 3. The SMILES string of the molecule is Cc1cccc(NCc2nnc(SCC(=O)Nc3ccccc3Cl)n2-c2ccccc2)c1. The lowest BCUT2D eigenvalue weighted by Crippen LogP contribution is -2.15. The maximum Gasteiger partial charge on any atom is 0.234 e. The number of nitrogens with one attached hydrogen (secondary N) is 2. The van der Waals surface area contributed by atoms with Crippen molar-refractivity contribution in [2.24, 2.45) is 0 Å². The molecule has 0 atom stereocenters. The largest absolute Gasteiger partial charge is 0.378 e. The van der Waals surface area contributed by atoms with E-state index in [4.69, 9.17) is 11.6 Å². The van der Waals surface area contributed by atoms with Gasteiger partial charge in [0.25, 0.3) is 0 Å². The van der Waals surface area contributed by atoms with E-state index in [9.17, 15) is 4.79 Å². The molecule has 0 saturated carbocycles. The minimum absolute atomic E-state index is 0.162. The van der Waals surface area contributed by atoms with Gasteiger partial charge in [-0.1, -0.05) is 65.8 Å². The molecule has 1 heterocycles. The number of anilines is 2. The minimum Gasteiger partial charge on any atom is -0.378 e. The summed E-state index contributed by atoms with van der Waals surface area (Å²) in [7, 11) is 0. The fourth-order valence-corrected chi connectivity index (χ4v) is 4.11. The molecule has 1 amide bonds. The number of hydrogen-bond acceptors (Lipinski definition) is 5. The van der Waals surface area contributed by atoms with E-state index in [0.29, 0.717) is 22.4 Å². The van der Waals surface area contributed by atoms with E-state index in [2.05, 4.69) is 39.9 Å². The smallest absolute Gasteiger partial charge is 0.234 e. The molecule has 6 nitrogen and oxygen atoms in total. The zero-order valence-corrected chi connectivity index (χ0v) is 19.0. The van der Waals surface area contributed by atoms with Crippen molar-refractivity contribution >= 4 is 40.6 Å². The Morgan fingerprint density at radius 1 is 1.00 bits per heavy atom. The minimum atomic E-state index is -0.162. The Bertz CT molecular complexity index is 1210. The van der Waals surface area contributed by atoms with Crippen molar-refractivity contribution in [2.75, 3.05) is 16.4 Å². The summed E-state index contributed by atoms with van der Waals surface area (Å²) in [5, 5.41) is 16.1. The number of thioether (sulfide) groups is 1.